The summed E-state index contributed by atoms with van der Waals surface area (Å²) in [6.07, 6.45) is -0.207. The number of methoxy groups -OCH3 is 2. The summed E-state index contributed by atoms with van der Waals surface area (Å²) in [5.41, 5.74) is 0.924. The van der Waals surface area contributed by atoms with Crippen LogP contribution in [0.5, 0.6) is 23.0 Å². The molecule has 1 heterocycles. The van der Waals surface area contributed by atoms with E-state index in [1.54, 1.807) is 19.1 Å². The summed E-state index contributed by atoms with van der Waals surface area (Å²) in [5.74, 6) is 2.73. The van der Waals surface area contributed by atoms with Gasteiger partial charge in [0.2, 0.25) is 0 Å². The second-order valence-corrected chi connectivity index (χ2v) is 6.38. The van der Waals surface area contributed by atoms with E-state index in [0.717, 1.165) is 11.3 Å². The standard InChI is InChI=1S/C21H26N2O5/c1-4-23(13-16-14-27-18-7-5-6-8-19(18)28-16)21(24)22-12-15-9-10-17(25-2)20(11-15)26-3/h5-11,16H,4,12-14H2,1-3H3,(H,22,24). The van der Waals surface area contributed by atoms with E-state index < -0.39 is 0 Å². The topological polar surface area (TPSA) is 69.3 Å². The second kappa shape index (κ2) is 9.21. The van der Waals surface area contributed by atoms with Crippen LogP contribution >= 0.6 is 0 Å². The molecule has 1 unspecified atom stereocenters. The van der Waals surface area contributed by atoms with Crippen LogP contribution in [0.15, 0.2) is 42.5 Å². The Bertz CT molecular complexity index is 811. The maximum Gasteiger partial charge on any atom is 0.317 e. The van der Waals surface area contributed by atoms with Gasteiger partial charge in [-0.15, -0.1) is 0 Å². The van der Waals surface area contributed by atoms with Crippen molar-refractivity contribution in [3.8, 4) is 23.0 Å². The predicted molar refractivity (Wildman–Crippen MR) is 105 cm³/mol. The van der Waals surface area contributed by atoms with Crippen LogP contribution in [0, 0.1) is 0 Å². The first kappa shape index (κ1) is 19.7. The molecule has 1 aliphatic rings. The number of ether oxygens (including phenoxy) is 4. The van der Waals surface area contributed by atoms with Gasteiger partial charge in [-0.25, -0.2) is 4.79 Å². The molecule has 0 bridgehead atoms. The molecule has 0 radical (unpaired) electrons. The molecule has 0 saturated carbocycles. The molecule has 1 N–H and O–H groups in total. The van der Waals surface area contributed by atoms with Crippen LogP contribution in [0.1, 0.15) is 12.5 Å². The highest BCUT2D eigenvalue weighted by molar-refractivity contribution is 5.74. The van der Waals surface area contributed by atoms with Crippen molar-refractivity contribution in [1.29, 1.82) is 0 Å². The fourth-order valence-electron chi connectivity index (χ4n) is 3.03. The molecule has 2 aromatic rings. The van der Waals surface area contributed by atoms with Gasteiger partial charge in [0.1, 0.15) is 6.61 Å². The molecule has 7 heteroatoms. The number of carbonyl (C=O) groups is 1. The van der Waals surface area contributed by atoms with Crippen LogP contribution in [-0.2, 0) is 6.54 Å². The molecule has 1 aliphatic heterocycles. The van der Waals surface area contributed by atoms with Crippen LogP contribution in [0.4, 0.5) is 4.79 Å². The zero-order valence-electron chi connectivity index (χ0n) is 16.4. The summed E-state index contributed by atoms with van der Waals surface area (Å²) in [6, 6.07) is 13.0. The van der Waals surface area contributed by atoms with E-state index in [0.29, 0.717) is 43.5 Å². The van der Waals surface area contributed by atoms with E-state index in [1.165, 1.54) is 0 Å². The molecule has 0 saturated heterocycles. The summed E-state index contributed by atoms with van der Waals surface area (Å²) in [4.78, 5) is 14.3. The number of hydrogen-bond acceptors (Lipinski definition) is 5. The fraction of sp³-hybridized carbons (Fsp3) is 0.381. The molecular formula is C21H26N2O5. The monoisotopic (exact) mass is 386 g/mol. The lowest BCUT2D eigenvalue weighted by Gasteiger charge is -2.31. The minimum Gasteiger partial charge on any atom is -0.493 e. The fourth-order valence-corrected chi connectivity index (χ4v) is 3.03. The number of nitrogens with one attached hydrogen (secondary N) is 1. The van der Waals surface area contributed by atoms with Gasteiger partial charge in [0.05, 0.1) is 20.8 Å². The average Bonchev–Trinajstić information content (AvgIpc) is 2.75. The molecule has 0 aliphatic carbocycles. The van der Waals surface area contributed by atoms with Crippen molar-refractivity contribution in [3.05, 3.63) is 48.0 Å². The minimum absolute atomic E-state index is 0.153. The van der Waals surface area contributed by atoms with Crippen molar-refractivity contribution in [3.63, 3.8) is 0 Å². The van der Waals surface area contributed by atoms with Crippen LogP contribution in [0.2, 0.25) is 0 Å². The van der Waals surface area contributed by atoms with Crippen LogP contribution < -0.4 is 24.3 Å². The Morgan fingerprint density at radius 3 is 2.61 bits per heavy atom. The normalized spacial score (nSPS) is 14.9. The Hall–Kier alpha value is -3.09. The molecule has 150 valence electrons. The second-order valence-electron chi connectivity index (χ2n) is 6.38. The molecular weight excluding hydrogens is 360 g/mol. The minimum atomic E-state index is -0.207. The van der Waals surface area contributed by atoms with E-state index in [-0.39, 0.29) is 12.1 Å². The highest BCUT2D eigenvalue weighted by Crippen LogP contribution is 2.31. The van der Waals surface area contributed by atoms with Gasteiger partial charge in [-0.2, -0.15) is 0 Å². The third-order valence-electron chi connectivity index (χ3n) is 4.55. The SMILES string of the molecule is CCN(CC1COc2ccccc2O1)C(=O)NCc1ccc(OC)c(OC)c1. The van der Waals surface area contributed by atoms with Crippen LogP contribution in [-0.4, -0.2) is 51.0 Å². The summed E-state index contributed by atoms with van der Waals surface area (Å²) in [6.45, 7) is 3.76. The van der Waals surface area contributed by atoms with Crippen LogP contribution in [0.25, 0.3) is 0 Å². The smallest absolute Gasteiger partial charge is 0.317 e. The molecule has 28 heavy (non-hydrogen) atoms. The lowest BCUT2D eigenvalue weighted by Crippen LogP contribution is -2.47. The summed E-state index contributed by atoms with van der Waals surface area (Å²) < 4.78 is 22.2. The van der Waals surface area contributed by atoms with Crippen molar-refractivity contribution in [2.45, 2.75) is 19.6 Å². The van der Waals surface area contributed by atoms with Crippen molar-refractivity contribution < 1.29 is 23.7 Å². The number of likely N-dealkylation sites (N-methyl/N-ethyl adjacent to an activating group) is 1. The largest absolute Gasteiger partial charge is 0.493 e. The molecule has 2 aromatic carbocycles. The van der Waals surface area contributed by atoms with Gasteiger partial charge in [0.25, 0.3) is 0 Å². The average molecular weight is 386 g/mol. The third kappa shape index (κ3) is 4.60. The number of para-hydroxylation sites is 2. The Kier molecular flexibility index (Phi) is 6.47. The first-order valence-corrected chi connectivity index (χ1v) is 9.26. The molecule has 0 aromatic heterocycles. The number of amides is 2. The Labute approximate surface area is 165 Å². The van der Waals surface area contributed by atoms with Gasteiger partial charge in [-0.1, -0.05) is 18.2 Å². The van der Waals surface area contributed by atoms with Gasteiger partial charge in [-0.05, 0) is 36.8 Å². The maximum atomic E-state index is 12.6. The number of fused-ring (bicyclic) bond motifs is 1. The molecule has 3 rings (SSSR count). The Morgan fingerprint density at radius 1 is 1.14 bits per heavy atom. The van der Waals surface area contributed by atoms with Gasteiger partial charge >= 0.3 is 6.03 Å². The van der Waals surface area contributed by atoms with Gasteiger partial charge in [0, 0.05) is 13.1 Å². The van der Waals surface area contributed by atoms with E-state index in [2.05, 4.69) is 5.32 Å². The van der Waals surface area contributed by atoms with Crippen molar-refractivity contribution >= 4 is 6.03 Å². The lowest BCUT2D eigenvalue weighted by atomic mass is 10.2. The number of nitrogens with zero attached hydrogens (tertiary/aromatic N) is 1. The molecule has 0 fully saturated rings. The quantitative estimate of drug-likeness (QED) is 0.792. The molecule has 1 atom stereocenters. The summed E-state index contributed by atoms with van der Waals surface area (Å²) in [7, 11) is 3.18. The number of benzene rings is 2. The van der Waals surface area contributed by atoms with Gasteiger partial charge < -0.3 is 29.2 Å². The van der Waals surface area contributed by atoms with Crippen LogP contribution in [0.3, 0.4) is 0 Å². The van der Waals surface area contributed by atoms with Crippen molar-refractivity contribution in [2.24, 2.45) is 0 Å². The van der Waals surface area contributed by atoms with Crippen molar-refractivity contribution in [2.75, 3.05) is 33.9 Å². The maximum absolute atomic E-state index is 12.6. The zero-order valence-corrected chi connectivity index (χ0v) is 16.4. The van der Waals surface area contributed by atoms with E-state index in [4.69, 9.17) is 18.9 Å². The molecule has 2 amide bonds. The summed E-state index contributed by atoms with van der Waals surface area (Å²) >= 11 is 0. The Morgan fingerprint density at radius 2 is 1.89 bits per heavy atom. The number of hydrogen-bond donors (Lipinski definition) is 1. The van der Waals surface area contributed by atoms with Gasteiger partial charge in [0.15, 0.2) is 29.1 Å². The number of urea groups is 1. The van der Waals surface area contributed by atoms with E-state index in [1.807, 2.05) is 49.4 Å². The molecule has 7 nitrogen and oxygen atoms in total. The highest BCUT2D eigenvalue weighted by atomic mass is 16.6. The van der Waals surface area contributed by atoms with E-state index in [9.17, 15) is 4.79 Å². The predicted octanol–water partition coefficient (Wildman–Crippen LogP) is 3.08. The number of rotatable bonds is 7. The van der Waals surface area contributed by atoms with Crippen molar-refractivity contribution in [1.82, 2.24) is 10.2 Å². The van der Waals surface area contributed by atoms with E-state index >= 15 is 0 Å². The Balaban J connectivity index is 1.55. The first-order valence-electron chi connectivity index (χ1n) is 9.26. The van der Waals surface area contributed by atoms with Gasteiger partial charge in [-0.3, -0.25) is 0 Å². The highest BCUT2D eigenvalue weighted by Gasteiger charge is 2.24. The first-order chi connectivity index (χ1) is 13.6. The zero-order chi connectivity index (χ0) is 19.9. The lowest BCUT2D eigenvalue weighted by molar-refractivity contribution is 0.0675. The molecule has 0 spiro atoms. The summed E-state index contributed by atoms with van der Waals surface area (Å²) in [5, 5.41) is 2.94. The number of carbonyl (C=O) groups excluding carboxylic acids is 1. The third-order valence-corrected chi connectivity index (χ3v) is 4.55.